The van der Waals surface area contributed by atoms with E-state index in [0.29, 0.717) is 12.5 Å². The first kappa shape index (κ1) is 14.6. The van der Waals surface area contributed by atoms with Gasteiger partial charge in [-0.1, -0.05) is 12.1 Å². The number of aromatic nitrogens is 2. The Bertz CT molecular complexity index is 532. The van der Waals surface area contributed by atoms with Gasteiger partial charge in [-0.05, 0) is 44.4 Å². The number of aliphatic hydroxyl groups is 1. The fourth-order valence-corrected chi connectivity index (χ4v) is 2.07. The molecule has 0 bridgehead atoms. The monoisotopic (exact) mass is 274 g/mol. The van der Waals surface area contributed by atoms with Crippen LogP contribution in [-0.4, -0.2) is 22.0 Å². The van der Waals surface area contributed by atoms with Gasteiger partial charge in [0, 0.05) is 17.8 Å². The van der Waals surface area contributed by atoms with E-state index in [0.717, 1.165) is 17.7 Å². The van der Waals surface area contributed by atoms with Crippen LogP contribution in [0.25, 0.3) is 0 Å². The van der Waals surface area contributed by atoms with Crippen molar-refractivity contribution in [2.24, 2.45) is 0 Å². The molecule has 0 radical (unpaired) electrons. The van der Waals surface area contributed by atoms with Gasteiger partial charge in [0.2, 0.25) is 0 Å². The Hall–Kier alpha value is -1.81. The lowest BCUT2D eigenvalue weighted by molar-refractivity contribution is 0.167. The second kappa shape index (κ2) is 6.57. The van der Waals surface area contributed by atoms with Gasteiger partial charge in [0.05, 0.1) is 19.4 Å². The maximum atomic E-state index is 10.2. The molecule has 2 aromatic rings. The van der Waals surface area contributed by atoms with Gasteiger partial charge in [-0.2, -0.15) is 5.10 Å². The van der Waals surface area contributed by atoms with Gasteiger partial charge in [0.1, 0.15) is 5.75 Å². The number of hydrogen-bond donors (Lipinski definition) is 1. The summed E-state index contributed by atoms with van der Waals surface area (Å²) in [4.78, 5) is 0. The van der Waals surface area contributed by atoms with Crippen molar-refractivity contribution >= 4 is 0 Å². The average Bonchev–Trinajstić information content (AvgIpc) is 2.95. The predicted octanol–water partition coefficient (Wildman–Crippen LogP) is 3.14. The van der Waals surface area contributed by atoms with Gasteiger partial charge in [0.15, 0.2) is 0 Å². The summed E-state index contributed by atoms with van der Waals surface area (Å²) in [5.41, 5.74) is 2.08. The zero-order chi connectivity index (χ0) is 14.5. The Labute approximate surface area is 120 Å². The highest BCUT2D eigenvalue weighted by molar-refractivity contribution is 5.27. The molecule has 1 heterocycles. The lowest BCUT2D eigenvalue weighted by atomic mass is 10.0. The minimum atomic E-state index is -0.468. The van der Waals surface area contributed by atoms with E-state index in [-0.39, 0.29) is 0 Å². The first-order chi connectivity index (χ1) is 9.60. The smallest absolute Gasteiger partial charge is 0.118 e. The van der Waals surface area contributed by atoms with Crippen molar-refractivity contribution in [3.05, 3.63) is 47.8 Å². The van der Waals surface area contributed by atoms with Gasteiger partial charge in [-0.15, -0.1) is 0 Å². The predicted molar refractivity (Wildman–Crippen MR) is 78.9 cm³/mol. The second-order valence-corrected chi connectivity index (χ2v) is 5.25. The van der Waals surface area contributed by atoms with Gasteiger partial charge in [-0.3, -0.25) is 4.68 Å². The topological polar surface area (TPSA) is 47.3 Å². The fraction of sp³-hybridized carbons (Fsp3) is 0.438. The van der Waals surface area contributed by atoms with E-state index < -0.39 is 6.10 Å². The third-order valence-corrected chi connectivity index (χ3v) is 3.40. The van der Waals surface area contributed by atoms with Crippen LogP contribution in [0.4, 0.5) is 0 Å². The highest BCUT2D eigenvalue weighted by Crippen LogP contribution is 2.20. The lowest BCUT2D eigenvalue weighted by Crippen LogP contribution is -2.01. The van der Waals surface area contributed by atoms with Crippen molar-refractivity contribution in [1.29, 1.82) is 0 Å². The number of nitrogens with zero attached hydrogens (tertiary/aromatic N) is 2. The fourth-order valence-electron chi connectivity index (χ4n) is 2.07. The maximum Gasteiger partial charge on any atom is 0.118 e. The van der Waals surface area contributed by atoms with Crippen molar-refractivity contribution in [2.75, 3.05) is 7.11 Å². The van der Waals surface area contributed by atoms with Gasteiger partial charge >= 0.3 is 0 Å². The first-order valence-corrected chi connectivity index (χ1v) is 6.95. The molecule has 0 saturated heterocycles. The lowest BCUT2D eigenvalue weighted by Gasteiger charge is -2.09. The molecule has 4 heteroatoms. The van der Waals surface area contributed by atoms with Crippen LogP contribution >= 0.6 is 0 Å². The molecule has 0 fully saturated rings. The van der Waals surface area contributed by atoms with Crippen LogP contribution in [0, 0.1) is 0 Å². The molecule has 0 aliphatic rings. The molecule has 1 N–H and O–H groups in total. The Morgan fingerprint density at radius 2 is 1.95 bits per heavy atom. The molecule has 1 unspecified atom stereocenters. The molecular formula is C16H22N2O2. The molecule has 0 aliphatic heterocycles. The number of ether oxygens (including phenoxy) is 1. The molecule has 0 amide bonds. The van der Waals surface area contributed by atoms with Crippen molar-refractivity contribution in [3.63, 3.8) is 0 Å². The third-order valence-electron chi connectivity index (χ3n) is 3.40. The maximum absolute atomic E-state index is 10.2. The van der Waals surface area contributed by atoms with Crippen LogP contribution in [0.2, 0.25) is 0 Å². The van der Waals surface area contributed by atoms with E-state index in [4.69, 9.17) is 4.74 Å². The summed E-state index contributed by atoms with van der Waals surface area (Å²) in [6.45, 7) is 4.14. The minimum Gasteiger partial charge on any atom is -0.497 e. The van der Waals surface area contributed by atoms with Crippen LogP contribution in [0.15, 0.2) is 36.7 Å². The van der Waals surface area contributed by atoms with Crippen molar-refractivity contribution in [3.8, 4) is 5.75 Å². The van der Waals surface area contributed by atoms with Crippen molar-refractivity contribution in [2.45, 2.75) is 38.8 Å². The summed E-state index contributed by atoms with van der Waals surface area (Å²) in [5, 5.41) is 14.5. The zero-order valence-electron chi connectivity index (χ0n) is 12.3. The van der Waals surface area contributed by atoms with Crippen LogP contribution in [-0.2, 0) is 6.42 Å². The summed E-state index contributed by atoms with van der Waals surface area (Å²) >= 11 is 0. The molecule has 0 aliphatic carbocycles. The van der Waals surface area contributed by atoms with Gasteiger partial charge in [0.25, 0.3) is 0 Å². The van der Waals surface area contributed by atoms with Crippen LogP contribution in [0.3, 0.4) is 0 Å². The Balaban J connectivity index is 1.91. The van der Waals surface area contributed by atoms with Gasteiger partial charge < -0.3 is 9.84 Å². The van der Waals surface area contributed by atoms with E-state index in [2.05, 4.69) is 18.9 Å². The number of benzene rings is 1. The van der Waals surface area contributed by atoms with Crippen molar-refractivity contribution < 1.29 is 9.84 Å². The Morgan fingerprint density at radius 1 is 1.25 bits per heavy atom. The summed E-state index contributed by atoms with van der Waals surface area (Å²) < 4.78 is 7.00. The summed E-state index contributed by atoms with van der Waals surface area (Å²) in [6, 6.07) is 8.26. The van der Waals surface area contributed by atoms with E-state index >= 15 is 0 Å². The van der Waals surface area contributed by atoms with Crippen LogP contribution in [0.5, 0.6) is 5.75 Å². The summed E-state index contributed by atoms with van der Waals surface area (Å²) in [6.07, 6.45) is 4.72. The number of aliphatic hydroxyl groups excluding tert-OH is 1. The summed E-state index contributed by atoms with van der Waals surface area (Å²) in [5.74, 6) is 0.854. The van der Waals surface area contributed by atoms with Crippen LogP contribution in [0.1, 0.15) is 43.5 Å². The zero-order valence-corrected chi connectivity index (χ0v) is 12.3. The molecule has 4 nitrogen and oxygen atoms in total. The molecule has 1 aromatic carbocycles. The van der Waals surface area contributed by atoms with E-state index in [1.807, 2.05) is 35.1 Å². The molecule has 20 heavy (non-hydrogen) atoms. The molecule has 0 spiro atoms. The second-order valence-electron chi connectivity index (χ2n) is 5.25. The largest absolute Gasteiger partial charge is 0.497 e. The molecule has 108 valence electrons. The number of rotatable bonds is 6. The SMILES string of the molecule is COc1ccc(CCC(O)c2cnn(C(C)C)c2)cc1. The molecule has 1 aromatic heterocycles. The van der Waals surface area contributed by atoms with Gasteiger partial charge in [-0.25, -0.2) is 0 Å². The van der Waals surface area contributed by atoms with E-state index in [1.165, 1.54) is 5.56 Å². The first-order valence-electron chi connectivity index (χ1n) is 6.95. The average molecular weight is 274 g/mol. The van der Waals surface area contributed by atoms with E-state index in [9.17, 15) is 5.11 Å². The number of hydrogen-bond acceptors (Lipinski definition) is 3. The Morgan fingerprint density at radius 3 is 2.50 bits per heavy atom. The Kier molecular flexibility index (Phi) is 4.79. The molecular weight excluding hydrogens is 252 g/mol. The molecule has 0 saturated carbocycles. The van der Waals surface area contributed by atoms with Crippen LogP contribution < -0.4 is 4.74 Å². The standard InChI is InChI=1S/C16H22N2O2/c1-12(2)18-11-14(10-17-18)16(19)9-6-13-4-7-15(20-3)8-5-13/h4-5,7-8,10-12,16,19H,6,9H2,1-3H3. The highest BCUT2D eigenvalue weighted by Gasteiger charge is 2.11. The number of methoxy groups -OCH3 is 1. The quantitative estimate of drug-likeness (QED) is 0.880. The number of aryl methyl sites for hydroxylation is 1. The van der Waals surface area contributed by atoms with E-state index in [1.54, 1.807) is 13.3 Å². The molecule has 1 atom stereocenters. The highest BCUT2D eigenvalue weighted by atomic mass is 16.5. The minimum absolute atomic E-state index is 0.317. The third kappa shape index (κ3) is 3.61. The molecule has 2 rings (SSSR count). The summed E-state index contributed by atoms with van der Waals surface area (Å²) in [7, 11) is 1.66. The normalized spacial score (nSPS) is 12.7. The van der Waals surface area contributed by atoms with Crippen molar-refractivity contribution in [1.82, 2.24) is 9.78 Å².